The van der Waals surface area contributed by atoms with Gasteiger partial charge in [0, 0.05) is 6.42 Å². The summed E-state index contributed by atoms with van der Waals surface area (Å²) in [6.07, 6.45) is -0.281. The number of carbonyl (C=O) groups is 2. The van der Waals surface area contributed by atoms with E-state index in [-0.39, 0.29) is 25.2 Å². The van der Waals surface area contributed by atoms with Crippen molar-refractivity contribution in [2.75, 3.05) is 0 Å². The number of carboxylic acid groups (broad SMARTS) is 2. The second kappa shape index (κ2) is 4.95. The maximum atomic E-state index is 10.3. The number of carboxylic acids is 2. The lowest BCUT2D eigenvalue weighted by molar-refractivity contribution is -0.143. The molecule has 0 radical (unpaired) electrons. The van der Waals surface area contributed by atoms with E-state index in [1.165, 1.54) is 6.92 Å². The molecule has 0 aromatic rings. The number of nitrogens with two attached hydrogens (primary N) is 1. The Morgan fingerprint density at radius 2 is 1.83 bits per heavy atom. The van der Waals surface area contributed by atoms with Crippen LogP contribution in [-0.4, -0.2) is 27.7 Å². The van der Waals surface area contributed by atoms with Crippen molar-refractivity contribution >= 4 is 24.3 Å². The van der Waals surface area contributed by atoms with Crippen molar-refractivity contribution in [2.45, 2.75) is 25.3 Å². The van der Waals surface area contributed by atoms with Gasteiger partial charge < -0.3 is 15.9 Å². The van der Waals surface area contributed by atoms with Crippen molar-refractivity contribution < 1.29 is 19.8 Å². The molecule has 6 heteroatoms. The summed E-state index contributed by atoms with van der Waals surface area (Å²) in [5.41, 5.74) is 3.81. The van der Waals surface area contributed by atoms with E-state index in [1.54, 1.807) is 0 Å². The second-order valence-corrected chi connectivity index (χ2v) is 2.62. The number of rotatable bonds is 4. The Labute approximate surface area is 76.0 Å². The molecule has 72 valence electrons. The van der Waals surface area contributed by atoms with E-state index >= 15 is 0 Å². The first kappa shape index (κ1) is 13.8. The van der Waals surface area contributed by atoms with Crippen molar-refractivity contribution in [1.29, 1.82) is 0 Å². The first-order valence-corrected chi connectivity index (χ1v) is 3.10. The van der Waals surface area contributed by atoms with E-state index in [4.69, 9.17) is 15.9 Å². The van der Waals surface area contributed by atoms with E-state index in [0.717, 1.165) is 0 Å². The average molecular weight is 198 g/mol. The fourth-order valence-electron chi connectivity index (χ4n) is 0.474. The predicted octanol–water partition coefficient (Wildman–Crippen LogP) is 0.0750. The van der Waals surface area contributed by atoms with Crippen LogP contribution in [0.5, 0.6) is 0 Å². The molecule has 0 rings (SSSR count). The Morgan fingerprint density at radius 3 is 2.08 bits per heavy atom. The third-order valence-electron chi connectivity index (χ3n) is 1.35. The van der Waals surface area contributed by atoms with Crippen LogP contribution in [-0.2, 0) is 9.59 Å². The standard InChI is InChI=1S/C6H11NO4.ClH/c1-6(7,5(10)11)3-2-4(8)9;/h2-3,7H2,1H3,(H,8,9)(H,10,11);1H/t6-;/m0./s1. The van der Waals surface area contributed by atoms with Crippen LogP contribution in [0.3, 0.4) is 0 Å². The van der Waals surface area contributed by atoms with Crippen molar-refractivity contribution in [1.82, 2.24) is 0 Å². The SMILES string of the molecule is C[C@](N)(CCC(=O)O)C(=O)O.Cl. The van der Waals surface area contributed by atoms with Crippen LogP contribution in [0, 0.1) is 0 Å². The normalized spacial score (nSPS) is 14.2. The van der Waals surface area contributed by atoms with Crippen LogP contribution in [0.1, 0.15) is 19.8 Å². The number of hydrogen-bond acceptors (Lipinski definition) is 3. The molecular weight excluding hydrogens is 186 g/mol. The van der Waals surface area contributed by atoms with Crippen molar-refractivity contribution in [3.8, 4) is 0 Å². The minimum absolute atomic E-state index is 0. The van der Waals surface area contributed by atoms with E-state index in [0.29, 0.717) is 0 Å². The van der Waals surface area contributed by atoms with Crippen LogP contribution < -0.4 is 5.73 Å². The zero-order chi connectivity index (χ0) is 9.07. The lowest BCUT2D eigenvalue weighted by Crippen LogP contribution is -2.45. The molecule has 0 amide bonds. The van der Waals surface area contributed by atoms with Gasteiger partial charge in [-0.1, -0.05) is 0 Å². The lowest BCUT2D eigenvalue weighted by Gasteiger charge is -2.16. The van der Waals surface area contributed by atoms with E-state index < -0.39 is 17.5 Å². The zero-order valence-electron chi connectivity index (χ0n) is 6.61. The highest BCUT2D eigenvalue weighted by Crippen LogP contribution is 2.08. The van der Waals surface area contributed by atoms with Gasteiger partial charge in [-0.2, -0.15) is 0 Å². The van der Waals surface area contributed by atoms with E-state index in [9.17, 15) is 9.59 Å². The Bertz CT molecular complexity index is 180. The molecular formula is C6H12ClNO4. The molecule has 12 heavy (non-hydrogen) atoms. The smallest absolute Gasteiger partial charge is 0.323 e. The van der Waals surface area contributed by atoms with Gasteiger partial charge >= 0.3 is 11.9 Å². The fourth-order valence-corrected chi connectivity index (χ4v) is 0.474. The first-order valence-electron chi connectivity index (χ1n) is 3.10. The number of hydrogen-bond donors (Lipinski definition) is 3. The summed E-state index contributed by atoms with van der Waals surface area (Å²) in [5.74, 6) is -2.22. The summed E-state index contributed by atoms with van der Waals surface area (Å²) in [6, 6.07) is 0. The van der Waals surface area contributed by atoms with Gasteiger partial charge in [0.1, 0.15) is 5.54 Å². The summed E-state index contributed by atoms with van der Waals surface area (Å²) in [5, 5.41) is 16.6. The molecule has 0 saturated heterocycles. The average Bonchev–Trinajstić information content (AvgIpc) is 1.84. The Morgan fingerprint density at radius 1 is 1.42 bits per heavy atom. The van der Waals surface area contributed by atoms with Gasteiger partial charge in [-0.3, -0.25) is 9.59 Å². The summed E-state index contributed by atoms with van der Waals surface area (Å²) in [4.78, 5) is 20.3. The highest BCUT2D eigenvalue weighted by Gasteiger charge is 2.27. The molecule has 0 aliphatic rings. The highest BCUT2D eigenvalue weighted by atomic mass is 35.5. The number of aliphatic carboxylic acids is 2. The quantitative estimate of drug-likeness (QED) is 0.592. The maximum absolute atomic E-state index is 10.3. The lowest BCUT2D eigenvalue weighted by atomic mass is 9.98. The molecule has 0 aromatic carbocycles. The largest absolute Gasteiger partial charge is 0.481 e. The highest BCUT2D eigenvalue weighted by molar-refractivity contribution is 5.85. The fraction of sp³-hybridized carbons (Fsp3) is 0.667. The van der Waals surface area contributed by atoms with Gasteiger partial charge in [0.05, 0.1) is 0 Å². The third-order valence-corrected chi connectivity index (χ3v) is 1.35. The molecule has 0 unspecified atom stereocenters. The number of halogens is 1. The van der Waals surface area contributed by atoms with Crippen molar-refractivity contribution in [2.24, 2.45) is 5.73 Å². The molecule has 0 heterocycles. The second-order valence-electron chi connectivity index (χ2n) is 2.62. The topological polar surface area (TPSA) is 101 Å². The van der Waals surface area contributed by atoms with Gasteiger partial charge in [-0.15, -0.1) is 12.4 Å². The zero-order valence-corrected chi connectivity index (χ0v) is 7.43. The van der Waals surface area contributed by atoms with Crippen LogP contribution in [0.2, 0.25) is 0 Å². The molecule has 0 spiro atoms. The molecule has 0 fully saturated rings. The summed E-state index contributed by atoms with van der Waals surface area (Å²) in [6.45, 7) is 1.29. The molecule has 0 aliphatic heterocycles. The van der Waals surface area contributed by atoms with Gasteiger partial charge in [0.2, 0.25) is 0 Å². The first-order chi connectivity index (χ1) is 4.86. The summed E-state index contributed by atoms with van der Waals surface area (Å²) >= 11 is 0. The molecule has 0 saturated carbocycles. The minimum atomic E-state index is -1.43. The van der Waals surface area contributed by atoms with Gasteiger partial charge in [-0.05, 0) is 13.3 Å². The van der Waals surface area contributed by atoms with Crippen LogP contribution >= 0.6 is 12.4 Å². The van der Waals surface area contributed by atoms with Gasteiger partial charge in [0.15, 0.2) is 0 Å². The Hall–Kier alpha value is -0.810. The van der Waals surface area contributed by atoms with E-state index in [2.05, 4.69) is 0 Å². The van der Waals surface area contributed by atoms with Crippen molar-refractivity contribution in [3.63, 3.8) is 0 Å². The van der Waals surface area contributed by atoms with Crippen LogP contribution in [0.15, 0.2) is 0 Å². The molecule has 4 N–H and O–H groups in total. The van der Waals surface area contributed by atoms with Crippen molar-refractivity contribution in [3.05, 3.63) is 0 Å². The maximum Gasteiger partial charge on any atom is 0.323 e. The van der Waals surface area contributed by atoms with Gasteiger partial charge in [0.25, 0.3) is 0 Å². The molecule has 0 aromatic heterocycles. The predicted molar refractivity (Wildman–Crippen MR) is 44.3 cm³/mol. The summed E-state index contributed by atoms with van der Waals surface area (Å²) in [7, 11) is 0. The minimum Gasteiger partial charge on any atom is -0.481 e. The molecule has 0 aliphatic carbocycles. The van der Waals surface area contributed by atoms with Gasteiger partial charge in [-0.25, -0.2) is 0 Å². The molecule has 5 nitrogen and oxygen atoms in total. The van der Waals surface area contributed by atoms with E-state index in [1.807, 2.05) is 0 Å². The molecule has 1 atom stereocenters. The van der Waals surface area contributed by atoms with Crippen LogP contribution in [0.4, 0.5) is 0 Å². The van der Waals surface area contributed by atoms with Crippen LogP contribution in [0.25, 0.3) is 0 Å². The third kappa shape index (κ3) is 4.92. The summed E-state index contributed by atoms with van der Waals surface area (Å²) < 4.78 is 0. The monoisotopic (exact) mass is 197 g/mol. The Balaban J connectivity index is 0. The Kier molecular flexibility index (Phi) is 5.67. The molecule has 0 bridgehead atoms.